The van der Waals surface area contributed by atoms with Crippen molar-refractivity contribution in [1.29, 1.82) is 0 Å². The number of hydrogen-bond acceptors (Lipinski definition) is 4. The average Bonchev–Trinajstić information content (AvgIpc) is 3.36. The number of aryl methyl sites for hydroxylation is 1. The molecule has 1 aromatic carbocycles. The summed E-state index contributed by atoms with van der Waals surface area (Å²) >= 11 is 1.75. The van der Waals surface area contributed by atoms with Gasteiger partial charge in [-0.05, 0) is 54.7 Å². The molecule has 1 fully saturated rings. The molecule has 0 saturated carbocycles. The van der Waals surface area contributed by atoms with Gasteiger partial charge in [0, 0.05) is 24.6 Å². The summed E-state index contributed by atoms with van der Waals surface area (Å²) in [4.78, 5) is 16.4. The maximum Gasteiger partial charge on any atom is 0.234 e. The lowest BCUT2D eigenvalue weighted by Crippen LogP contribution is -2.42. The minimum Gasteiger partial charge on any atom is -0.377 e. The van der Waals surface area contributed by atoms with Crippen LogP contribution < -0.4 is 5.32 Å². The number of amides is 1. The third kappa shape index (κ3) is 4.98. The van der Waals surface area contributed by atoms with E-state index in [2.05, 4.69) is 52.0 Å². The van der Waals surface area contributed by atoms with Gasteiger partial charge in [-0.3, -0.25) is 9.69 Å². The predicted molar refractivity (Wildman–Crippen MR) is 109 cm³/mol. The fraction of sp³-hybridized carbons (Fsp3) is 0.500. The van der Waals surface area contributed by atoms with Gasteiger partial charge in [-0.2, -0.15) is 0 Å². The molecule has 0 bridgehead atoms. The Morgan fingerprint density at radius 3 is 2.93 bits per heavy atom. The molecule has 2 heterocycles. The summed E-state index contributed by atoms with van der Waals surface area (Å²) in [5.41, 5.74) is 2.67. The first kappa shape index (κ1) is 18.7. The van der Waals surface area contributed by atoms with E-state index in [4.69, 9.17) is 4.74 Å². The molecule has 1 aromatic heterocycles. The number of carbonyl (C=O) groups excluding carboxylic acids is 1. The topological polar surface area (TPSA) is 41.6 Å². The van der Waals surface area contributed by atoms with Crippen molar-refractivity contribution in [2.45, 2.75) is 50.8 Å². The highest BCUT2D eigenvalue weighted by Gasteiger charge is 2.24. The molecule has 2 aliphatic rings. The van der Waals surface area contributed by atoms with Crippen LogP contribution in [-0.4, -0.2) is 36.6 Å². The van der Waals surface area contributed by atoms with Crippen molar-refractivity contribution in [3.63, 3.8) is 0 Å². The van der Waals surface area contributed by atoms with Gasteiger partial charge in [-0.25, -0.2) is 0 Å². The van der Waals surface area contributed by atoms with Crippen LogP contribution in [0.5, 0.6) is 0 Å². The summed E-state index contributed by atoms with van der Waals surface area (Å²) in [7, 11) is 0. The number of hydrogen-bond donors (Lipinski definition) is 1. The van der Waals surface area contributed by atoms with Crippen molar-refractivity contribution < 1.29 is 9.53 Å². The Balaban J connectivity index is 1.39. The van der Waals surface area contributed by atoms with Gasteiger partial charge in [0.05, 0.1) is 18.7 Å². The van der Waals surface area contributed by atoms with Crippen molar-refractivity contribution in [1.82, 2.24) is 10.2 Å². The highest BCUT2D eigenvalue weighted by Crippen LogP contribution is 2.29. The summed E-state index contributed by atoms with van der Waals surface area (Å²) in [6.45, 7) is 2.91. The summed E-state index contributed by atoms with van der Waals surface area (Å²) in [5, 5.41) is 5.39. The van der Waals surface area contributed by atoms with Gasteiger partial charge in [0.2, 0.25) is 5.91 Å². The van der Waals surface area contributed by atoms with Crippen LogP contribution in [0.4, 0.5) is 0 Å². The van der Waals surface area contributed by atoms with Crippen LogP contribution in [0.2, 0.25) is 0 Å². The van der Waals surface area contributed by atoms with Gasteiger partial charge in [0.25, 0.3) is 0 Å². The van der Waals surface area contributed by atoms with E-state index in [0.717, 1.165) is 51.8 Å². The molecule has 0 unspecified atom stereocenters. The smallest absolute Gasteiger partial charge is 0.234 e. The molecule has 27 heavy (non-hydrogen) atoms. The largest absolute Gasteiger partial charge is 0.377 e. The van der Waals surface area contributed by atoms with Gasteiger partial charge < -0.3 is 10.1 Å². The second kappa shape index (κ2) is 9.00. The van der Waals surface area contributed by atoms with E-state index in [1.165, 1.54) is 16.0 Å². The van der Waals surface area contributed by atoms with Crippen LogP contribution in [0.3, 0.4) is 0 Å². The van der Waals surface area contributed by atoms with Crippen molar-refractivity contribution >= 4 is 17.2 Å². The molecule has 1 saturated heterocycles. The van der Waals surface area contributed by atoms with Gasteiger partial charge >= 0.3 is 0 Å². The van der Waals surface area contributed by atoms with Crippen LogP contribution in [0.15, 0.2) is 41.8 Å². The minimum absolute atomic E-state index is 0.117. The van der Waals surface area contributed by atoms with Crippen LogP contribution >= 0.6 is 11.3 Å². The number of carbonyl (C=O) groups is 1. The standard InChI is InChI=1S/C22H28N2O2S/c25-22(23-21-11-3-7-17-6-1-2-10-20(17)21)16-24(14-18-8-4-12-26-18)15-19-9-5-13-27-19/h1-2,5-6,9-10,13,18,21H,3-4,7-8,11-12,14-16H2,(H,23,25)/t18-,21-/m0/s1. The molecule has 1 aliphatic heterocycles. The highest BCUT2D eigenvalue weighted by molar-refractivity contribution is 7.09. The molecule has 2 atom stereocenters. The molecule has 1 N–H and O–H groups in total. The van der Waals surface area contributed by atoms with Gasteiger partial charge in [-0.15, -0.1) is 11.3 Å². The molecule has 0 spiro atoms. The fourth-order valence-electron chi connectivity index (χ4n) is 4.23. The third-order valence-corrected chi connectivity index (χ3v) is 6.38. The van der Waals surface area contributed by atoms with E-state index >= 15 is 0 Å². The number of benzene rings is 1. The second-order valence-corrected chi connectivity index (χ2v) is 8.63. The molecule has 4 rings (SSSR count). The van der Waals surface area contributed by atoms with Crippen molar-refractivity contribution in [3.8, 4) is 0 Å². The van der Waals surface area contributed by atoms with E-state index in [1.54, 1.807) is 11.3 Å². The first-order chi connectivity index (χ1) is 13.3. The maximum absolute atomic E-state index is 12.8. The lowest BCUT2D eigenvalue weighted by molar-refractivity contribution is -0.123. The molecular weight excluding hydrogens is 356 g/mol. The predicted octanol–water partition coefficient (Wildman–Crippen LogP) is 3.92. The highest BCUT2D eigenvalue weighted by atomic mass is 32.1. The van der Waals surface area contributed by atoms with Gasteiger partial charge in [0.1, 0.15) is 0 Å². The fourth-order valence-corrected chi connectivity index (χ4v) is 4.98. The molecule has 2 aromatic rings. The quantitative estimate of drug-likeness (QED) is 0.787. The Hall–Kier alpha value is -1.69. The summed E-state index contributed by atoms with van der Waals surface area (Å²) in [6.07, 6.45) is 5.76. The van der Waals surface area contributed by atoms with E-state index < -0.39 is 0 Å². The Labute approximate surface area is 165 Å². The van der Waals surface area contributed by atoms with Gasteiger partial charge in [0.15, 0.2) is 0 Å². The van der Waals surface area contributed by atoms with Crippen molar-refractivity contribution in [2.75, 3.05) is 19.7 Å². The van der Waals surface area contributed by atoms with Crippen LogP contribution in [-0.2, 0) is 22.5 Å². The Kier molecular flexibility index (Phi) is 6.22. The average molecular weight is 385 g/mol. The summed E-state index contributed by atoms with van der Waals surface area (Å²) in [6, 6.07) is 12.9. The van der Waals surface area contributed by atoms with E-state index in [1.807, 2.05) is 0 Å². The number of fused-ring (bicyclic) bond motifs is 1. The number of rotatable bonds is 7. The zero-order valence-electron chi connectivity index (χ0n) is 15.7. The number of nitrogens with one attached hydrogen (secondary N) is 1. The van der Waals surface area contributed by atoms with E-state index in [-0.39, 0.29) is 18.1 Å². The Morgan fingerprint density at radius 1 is 1.19 bits per heavy atom. The Bertz CT molecular complexity index is 741. The molecule has 0 radical (unpaired) electrons. The van der Waals surface area contributed by atoms with Crippen LogP contribution in [0.1, 0.15) is 47.7 Å². The summed E-state index contributed by atoms with van der Waals surface area (Å²) < 4.78 is 5.81. The lowest BCUT2D eigenvalue weighted by atomic mass is 9.88. The van der Waals surface area contributed by atoms with Crippen molar-refractivity contribution in [3.05, 3.63) is 57.8 Å². The molecule has 1 aliphatic carbocycles. The molecule has 144 valence electrons. The molecule has 5 heteroatoms. The summed E-state index contributed by atoms with van der Waals surface area (Å²) in [5.74, 6) is 0.117. The number of thiophene rings is 1. The third-order valence-electron chi connectivity index (χ3n) is 5.52. The minimum atomic E-state index is 0.117. The molecule has 1 amide bonds. The number of nitrogens with zero attached hydrogens (tertiary/aromatic N) is 1. The zero-order chi connectivity index (χ0) is 18.5. The van der Waals surface area contributed by atoms with Crippen LogP contribution in [0, 0.1) is 0 Å². The van der Waals surface area contributed by atoms with Gasteiger partial charge in [-0.1, -0.05) is 30.3 Å². The van der Waals surface area contributed by atoms with Crippen LogP contribution in [0.25, 0.3) is 0 Å². The van der Waals surface area contributed by atoms with E-state index in [9.17, 15) is 4.79 Å². The number of ether oxygens (including phenoxy) is 1. The van der Waals surface area contributed by atoms with E-state index in [0.29, 0.717) is 6.54 Å². The normalized spacial score (nSPS) is 22.0. The lowest BCUT2D eigenvalue weighted by Gasteiger charge is -2.28. The Morgan fingerprint density at radius 2 is 2.11 bits per heavy atom. The maximum atomic E-state index is 12.8. The molecule has 4 nitrogen and oxygen atoms in total. The zero-order valence-corrected chi connectivity index (χ0v) is 16.5. The van der Waals surface area contributed by atoms with Crippen molar-refractivity contribution in [2.24, 2.45) is 0 Å². The second-order valence-electron chi connectivity index (χ2n) is 7.60. The first-order valence-electron chi connectivity index (χ1n) is 10.0. The SMILES string of the molecule is O=C(CN(Cc1cccs1)C[C@@H]1CCCO1)N[C@H]1CCCc2ccccc21. The first-order valence-corrected chi connectivity index (χ1v) is 10.9. The monoisotopic (exact) mass is 384 g/mol. The molecular formula is C22H28N2O2S.